The van der Waals surface area contributed by atoms with Gasteiger partial charge in [-0.05, 0) is 12.8 Å². The molecule has 7 heteroatoms. The highest BCUT2D eigenvalue weighted by atomic mass is 16.4. The number of amides is 2. The smallest absolute Gasteiger partial charge is 0.326 e. The van der Waals surface area contributed by atoms with E-state index in [2.05, 4.69) is 5.32 Å². The number of hydrogen-bond donors (Lipinski definition) is 4. The molecule has 0 aromatic heterocycles. The topological polar surface area (TPSA) is 136 Å². The Labute approximate surface area is 92.2 Å². The second-order valence-corrected chi connectivity index (χ2v) is 4.02. The van der Waals surface area contributed by atoms with Crippen LogP contribution in [0.2, 0.25) is 0 Å². The third kappa shape index (κ3) is 2.69. The van der Waals surface area contributed by atoms with Crippen LogP contribution in [0.4, 0.5) is 0 Å². The monoisotopic (exact) mass is 229 g/mol. The third-order valence-electron chi connectivity index (χ3n) is 2.73. The minimum absolute atomic E-state index is 0.182. The van der Waals surface area contributed by atoms with E-state index in [9.17, 15) is 14.4 Å². The van der Waals surface area contributed by atoms with Crippen LogP contribution in [0, 0.1) is 5.41 Å². The van der Waals surface area contributed by atoms with Crippen molar-refractivity contribution in [3.05, 3.63) is 0 Å². The van der Waals surface area contributed by atoms with Crippen molar-refractivity contribution in [2.75, 3.05) is 6.54 Å². The van der Waals surface area contributed by atoms with Gasteiger partial charge in [-0.15, -0.1) is 0 Å². The van der Waals surface area contributed by atoms with Gasteiger partial charge in [0.05, 0.1) is 11.8 Å². The van der Waals surface area contributed by atoms with E-state index in [1.165, 1.54) is 0 Å². The van der Waals surface area contributed by atoms with Gasteiger partial charge in [-0.1, -0.05) is 0 Å². The van der Waals surface area contributed by atoms with Crippen LogP contribution < -0.4 is 16.8 Å². The summed E-state index contributed by atoms with van der Waals surface area (Å²) in [6.45, 7) is 0.182. The van der Waals surface area contributed by atoms with Crippen molar-refractivity contribution in [3.63, 3.8) is 0 Å². The van der Waals surface area contributed by atoms with Gasteiger partial charge >= 0.3 is 5.97 Å². The van der Waals surface area contributed by atoms with Crippen molar-refractivity contribution < 1.29 is 19.5 Å². The molecule has 1 atom stereocenters. The van der Waals surface area contributed by atoms with Crippen molar-refractivity contribution in [1.29, 1.82) is 0 Å². The SMILES string of the molecule is NCC1(C(=O)N[C@@H](CC(N)=O)C(=O)O)CC1. The number of aliphatic carboxylic acids is 1. The molecule has 0 radical (unpaired) electrons. The standard InChI is InChI=1S/C9H15N3O4/c10-4-9(1-2-9)8(16)12-5(7(14)15)3-6(11)13/h5H,1-4,10H2,(H2,11,13)(H,12,16)(H,14,15)/t5-/m0/s1. The molecule has 16 heavy (non-hydrogen) atoms. The molecule has 0 aromatic rings. The lowest BCUT2D eigenvalue weighted by Gasteiger charge is -2.17. The summed E-state index contributed by atoms with van der Waals surface area (Å²) in [5.41, 5.74) is 9.68. The van der Waals surface area contributed by atoms with Gasteiger partial charge in [-0.3, -0.25) is 9.59 Å². The van der Waals surface area contributed by atoms with Crippen LogP contribution >= 0.6 is 0 Å². The molecule has 0 aromatic carbocycles. The molecule has 0 saturated heterocycles. The maximum atomic E-state index is 11.6. The van der Waals surface area contributed by atoms with Crippen molar-refractivity contribution in [2.45, 2.75) is 25.3 Å². The summed E-state index contributed by atoms with van der Waals surface area (Å²) in [7, 11) is 0. The van der Waals surface area contributed by atoms with Gasteiger partial charge in [0.25, 0.3) is 0 Å². The molecule has 0 spiro atoms. The van der Waals surface area contributed by atoms with Crippen LogP contribution in [-0.2, 0) is 14.4 Å². The Morgan fingerprint density at radius 2 is 1.94 bits per heavy atom. The molecule has 6 N–H and O–H groups in total. The largest absolute Gasteiger partial charge is 0.480 e. The number of carbonyl (C=O) groups is 3. The maximum Gasteiger partial charge on any atom is 0.326 e. The van der Waals surface area contributed by atoms with E-state index in [-0.39, 0.29) is 6.54 Å². The van der Waals surface area contributed by atoms with E-state index < -0.39 is 35.7 Å². The number of carboxylic acids is 1. The molecular weight excluding hydrogens is 214 g/mol. The number of rotatable bonds is 6. The molecule has 0 aliphatic heterocycles. The van der Waals surface area contributed by atoms with Crippen LogP contribution in [0.15, 0.2) is 0 Å². The second-order valence-electron chi connectivity index (χ2n) is 4.02. The molecule has 1 rings (SSSR count). The summed E-state index contributed by atoms with van der Waals surface area (Å²) in [5.74, 6) is -2.46. The second kappa shape index (κ2) is 4.48. The fourth-order valence-electron chi connectivity index (χ4n) is 1.39. The van der Waals surface area contributed by atoms with E-state index >= 15 is 0 Å². The first kappa shape index (κ1) is 12.4. The van der Waals surface area contributed by atoms with Gasteiger partial charge < -0.3 is 21.9 Å². The minimum Gasteiger partial charge on any atom is -0.480 e. The molecule has 1 aliphatic rings. The summed E-state index contributed by atoms with van der Waals surface area (Å²) >= 11 is 0. The lowest BCUT2D eigenvalue weighted by Crippen LogP contribution is -2.47. The number of nitrogens with two attached hydrogens (primary N) is 2. The average Bonchev–Trinajstić information content (AvgIpc) is 2.96. The van der Waals surface area contributed by atoms with E-state index in [0.29, 0.717) is 12.8 Å². The fraction of sp³-hybridized carbons (Fsp3) is 0.667. The van der Waals surface area contributed by atoms with Gasteiger partial charge in [-0.2, -0.15) is 0 Å². The van der Waals surface area contributed by atoms with Crippen molar-refractivity contribution in [1.82, 2.24) is 5.32 Å². The first-order valence-corrected chi connectivity index (χ1v) is 4.93. The first-order chi connectivity index (χ1) is 7.41. The summed E-state index contributed by atoms with van der Waals surface area (Å²) in [4.78, 5) is 33.0. The number of primary amides is 1. The summed E-state index contributed by atoms with van der Waals surface area (Å²) in [6.07, 6.45) is 0.887. The summed E-state index contributed by atoms with van der Waals surface area (Å²) in [5, 5.41) is 11.1. The van der Waals surface area contributed by atoms with Crippen LogP contribution in [0.3, 0.4) is 0 Å². The Bertz CT molecular complexity index is 325. The lowest BCUT2D eigenvalue weighted by molar-refractivity contribution is -0.144. The quantitative estimate of drug-likeness (QED) is 0.424. The van der Waals surface area contributed by atoms with Gasteiger partial charge in [0.15, 0.2) is 0 Å². The molecule has 1 aliphatic carbocycles. The van der Waals surface area contributed by atoms with Crippen molar-refractivity contribution in [2.24, 2.45) is 16.9 Å². The lowest BCUT2D eigenvalue weighted by atomic mass is 10.1. The van der Waals surface area contributed by atoms with Crippen LogP contribution in [0.1, 0.15) is 19.3 Å². The van der Waals surface area contributed by atoms with E-state index in [4.69, 9.17) is 16.6 Å². The predicted octanol–water partition coefficient (Wildman–Crippen LogP) is -1.83. The van der Waals surface area contributed by atoms with Gasteiger partial charge in [0, 0.05) is 6.54 Å². The molecular formula is C9H15N3O4. The average molecular weight is 229 g/mol. The third-order valence-corrected chi connectivity index (χ3v) is 2.73. The summed E-state index contributed by atoms with van der Waals surface area (Å²) < 4.78 is 0. The van der Waals surface area contributed by atoms with Gasteiger partial charge in [0.2, 0.25) is 11.8 Å². The molecule has 7 nitrogen and oxygen atoms in total. The van der Waals surface area contributed by atoms with Crippen LogP contribution in [0.5, 0.6) is 0 Å². The zero-order valence-electron chi connectivity index (χ0n) is 8.73. The highest BCUT2D eigenvalue weighted by molar-refractivity contribution is 5.91. The normalized spacial score (nSPS) is 18.6. The number of hydrogen-bond acceptors (Lipinski definition) is 4. The molecule has 0 heterocycles. The van der Waals surface area contributed by atoms with Gasteiger partial charge in [0.1, 0.15) is 6.04 Å². The molecule has 90 valence electrons. The van der Waals surface area contributed by atoms with Gasteiger partial charge in [-0.25, -0.2) is 4.79 Å². The highest BCUT2D eigenvalue weighted by Gasteiger charge is 2.49. The summed E-state index contributed by atoms with van der Waals surface area (Å²) in [6, 6.07) is -1.27. The molecule has 1 saturated carbocycles. The minimum atomic E-state index is -1.28. The first-order valence-electron chi connectivity index (χ1n) is 4.93. The van der Waals surface area contributed by atoms with Crippen molar-refractivity contribution >= 4 is 17.8 Å². The van der Waals surface area contributed by atoms with E-state index in [0.717, 1.165) is 0 Å². The Hall–Kier alpha value is -1.63. The van der Waals surface area contributed by atoms with Crippen LogP contribution in [0.25, 0.3) is 0 Å². The molecule has 1 fully saturated rings. The number of carboxylic acid groups (broad SMARTS) is 1. The highest BCUT2D eigenvalue weighted by Crippen LogP contribution is 2.44. The van der Waals surface area contributed by atoms with Crippen LogP contribution in [-0.4, -0.2) is 35.5 Å². The predicted molar refractivity (Wildman–Crippen MR) is 54.1 cm³/mol. The molecule has 0 bridgehead atoms. The maximum absolute atomic E-state index is 11.6. The number of carbonyl (C=O) groups excluding carboxylic acids is 2. The van der Waals surface area contributed by atoms with E-state index in [1.807, 2.05) is 0 Å². The van der Waals surface area contributed by atoms with E-state index in [1.54, 1.807) is 0 Å². The Kier molecular flexibility index (Phi) is 3.48. The zero-order valence-corrected chi connectivity index (χ0v) is 8.73. The molecule has 0 unspecified atom stereocenters. The fourth-order valence-corrected chi connectivity index (χ4v) is 1.39. The Morgan fingerprint density at radius 3 is 2.25 bits per heavy atom. The Balaban J connectivity index is 2.58. The Morgan fingerprint density at radius 1 is 1.38 bits per heavy atom. The molecule has 2 amide bonds. The number of nitrogens with one attached hydrogen (secondary N) is 1. The zero-order chi connectivity index (χ0) is 12.3. The van der Waals surface area contributed by atoms with Crippen molar-refractivity contribution in [3.8, 4) is 0 Å².